The normalized spacial score (nSPS) is 8.68. The van der Waals surface area contributed by atoms with Crippen LogP contribution in [0.25, 0.3) is 16.2 Å². The van der Waals surface area contributed by atoms with Crippen LogP contribution in [0.3, 0.4) is 0 Å². The predicted molar refractivity (Wildman–Crippen MR) is 186 cm³/mol. The molecule has 0 aromatic heterocycles. The summed E-state index contributed by atoms with van der Waals surface area (Å²) in [5.41, 5.74) is 0. The van der Waals surface area contributed by atoms with E-state index < -0.39 is 21.6 Å². The maximum atomic E-state index is 8.52. The fourth-order valence-corrected chi connectivity index (χ4v) is 4.16. The minimum atomic E-state index is -2.60. The van der Waals surface area contributed by atoms with E-state index in [9.17, 15) is 0 Å². The third-order valence-electron chi connectivity index (χ3n) is 6.15. The molecule has 0 aromatic rings. The van der Waals surface area contributed by atoms with Gasteiger partial charge in [0.2, 0.25) is 0 Å². The first-order chi connectivity index (χ1) is 20.4. The van der Waals surface area contributed by atoms with Crippen molar-refractivity contribution in [1.82, 2.24) is 6.15 Å². The molecule has 0 aliphatic carbocycles. The second-order valence-electron chi connectivity index (χ2n) is 9.77. The van der Waals surface area contributed by atoms with Crippen molar-refractivity contribution in [3.05, 3.63) is 16.2 Å². The number of hydrogen-bond acceptors (Lipinski definition) is 10. The Morgan fingerprint density at radius 2 is 0.660 bits per heavy atom. The van der Waals surface area contributed by atoms with E-state index in [1.54, 1.807) is 0 Å². The fraction of sp³-hybridized carbons (Fsp3) is 0.893. The van der Waals surface area contributed by atoms with Gasteiger partial charge in [-0.25, -0.2) is 0 Å². The van der Waals surface area contributed by atoms with E-state index in [0.29, 0.717) is 0 Å². The first-order valence-electron chi connectivity index (χ1n) is 14.8. The van der Waals surface area contributed by atoms with Gasteiger partial charge in [-0.15, -0.1) is 0 Å². The zero-order valence-corrected chi connectivity index (χ0v) is 42.5. The van der Waals surface area contributed by atoms with Crippen LogP contribution in [0.1, 0.15) is 139 Å². The molecule has 0 fully saturated rings. The molecule has 0 amide bonds. The Kier molecular flexibility index (Phi) is 122. The van der Waals surface area contributed by atoms with Gasteiger partial charge in [-0.1, -0.05) is 134 Å². The molecule has 0 rings (SSSR count). The summed E-state index contributed by atoms with van der Waals surface area (Å²) >= 11 is 11.1. The van der Waals surface area contributed by atoms with Gasteiger partial charge in [0.15, 0.2) is 0 Å². The van der Waals surface area contributed by atoms with Gasteiger partial charge in [0, 0.05) is 9.32 Å². The molecule has 0 unspecified atom stereocenters. The molecule has 19 heteroatoms. The molecule has 5 N–H and O–H groups in total. The van der Waals surface area contributed by atoms with Gasteiger partial charge in [-0.2, -0.15) is 15.5 Å². The van der Waals surface area contributed by atoms with Crippen LogP contribution in [0, 0.1) is 21.6 Å². The molecule has 0 radical (unpaired) electrons. The molecule has 0 bridgehead atoms. The van der Waals surface area contributed by atoms with E-state index in [1.807, 2.05) is 0 Å². The van der Waals surface area contributed by atoms with Crippen molar-refractivity contribution in [3.63, 3.8) is 0 Å². The molecule has 0 aliphatic heterocycles. The van der Waals surface area contributed by atoms with Crippen LogP contribution >= 0.6 is 36.7 Å². The summed E-state index contributed by atoms with van der Waals surface area (Å²) in [6, 6.07) is 0. The molecule has 0 heterocycles. The Morgan fingerprint density at radius 3 is 0.809 bits per heavy atom. The number of isothiocyanates is 3. The molecule has 270 valence electrons. The van der Waals surface area contributed by atoms with E-state index in [2.05, 4.69) is 64.5 Å². The minimum absolute atomic E-state index is 0. The van der Waals surface area contributed by atoms with Crippen molar-refractivity contribution in [1.29, 1.82) is 0 Å². The van der Waals surface area contributed by atoms with Crippen LogP contribution < -0.4 is 128 Å². The average molecular weight is 849 g/mol. The largest absolute Gasteiger partial charge is 2.00 e. The number of hydrogen-bond donors (Lipinski definition) is 3. The van der Waals surface area contributed by atoms with Gasteiger partial charge in [0.05, 0.1) is 26.7 Å². The van der Waals surface area contributed by atoms with Crippen LogP contribution in [0.15, 0.2) is 0 Å². The summed E-state index contributed by atoms with van der Waals surface area (Å²) in [6.07, 6.45) is 25.9. The van der Waals surface area contributed by atoms with E-state index >= 15 is 0 Å². The van der Waals surface area contributed by atoms with Crippen molar-refractivity contribution < 1.29 is 160 Å². The van der Waals surface area contributed by atoms with Crippen LogP contribution in [0.2, 0.25) is 0 Å². The van der Waals surface area contributed by atoms with E-state index in [-0.39, 0.29) is 150 Å². The topological polar surface area (TPSA) is 235 Å². The van der Waals surface area contributed by atoms with E-state index in [0.717, 1.165) is 0 Å². The smallest absolute Gasteiger partial charge is 1.00 e. The van der Waals surface area contributed by atoms with Gasteiger partial charge in [-0.3, -0.25) is 0 Å². The Hall–Kier alpha value is 4.19. The van der Waals surface area contributed by atoms with Crippen LogP contribution in [0.4, 0.5) is 0 Å². The Morgan fingerprint density at radius 1 is 0.532 bits per heavy atom. The summed E-state index contributed by atoms with van der Waals surface area (Å²) in [5.74, 6) is 0. The molecule has 0 spiro atoms. The number of halogens is 2. The second kappa shape index (κ2) is 75.2. The Balaban J connectivity index is -0.0000000500. The number of thiocarbonyl (C=S) groups is 3. The maximum absolute atomic E-state index is 8.52. The molecular formula is C28H61CaCl2K2N5O6S3. The average Bonchev–Trinajstić information content (AvgIpc) is 2.91. The maximum Gasteiger partial charge on any atom is 2.00 e. The fourth-order valence-electron chi connectivity index (χ4n) is 4.16. The number of nitrogens with zero attached hydrogens (tertiary/aromatic N) is 4. The number of quaternary nitrogens is 1. The number of rotatable bonds is 21. The summed E-state index contributed by atoms with van der Waals surface area (Å²) in [6.45, 7) is 11.2. The van der Waals surface area contributed by atoms with Gasteiger partial charge in [0.25, 0.3) is 21.6 Å². The van der Waals surface area contributed by atoms with Crippen LogP contribution in [-0.4, -0.2) is 93.7 Å². The molecule has 11 nitrogen and oxygen atoms in total. The third kappa shape index (κ3) is 120. The zero-order valence-electron chi connectivity index (χ0n) is 32.1. The van der Waals surface area contributed by atoms with Crippen molar-refractivity contribution in [2.75, 3.05) is 26.7 Å². The minimum Gasteiger partial charge on any atom is -1.00 e. The van der Waals surface area contributed by atoms with Gasteiger partial charge in [-0.05, 0) is 38.5 Å². The van der Waals surface area contributed by atoms with Crippen molar-refractivity contribution in [2.24, 2.45) is 0 Å². The van der Waals surface area contributed by atoms with Crippen molar-refractivity contribution >= 4 is 89.9 Å². The monoisotopic (exact) mass is 847 g/mol. The SMILES string of the molecule is CCCCCCCC[N+](C)(CCCCCCCC)CCCCCCCC.N.[Ca+2].[H-].[H-].[K+].[K+].[N-]=C=S.[N-]=C=S.[N-]=C=S.[O-][Cl+2]([O-])O.[O-][Cl+2]([O-])O. The molecule has 0 saturated carbocycles. The first-order valence-corrected chi connectivity index (χ1v) is 17.9. The predicted octanol–water partition coefficient (Wildman–Crippen LogP) is -1.37. The van der Waals surface area contributed by atoms with Crippen LogP contribution in [0.5, 0.6) is 0 Å². The van der Waals surface area contributed by atoms with Gasteiger partial charge < -0.3 is 48.4 Å². The molecule has 0 aliphatic rings. The summed E-state index contributed by atoms with van der Waals surface area (Å²) in [5, 5.41) is 25.4. The first kappa shape index (κ1) is 76.0. The summed E-state index contributed by atoms with van der Waals surface area (Å²) in [7, 11) is -2.64. The van der Waals surface area contributed by atoms with E-state index in [4.69, 9.17) is 44.2 Å². The van der Waals surface area contributed by atoms with Crippen LogP contribution in [-0.2, 0) is 0 Å². The Labute approximate surface area is 427 Å². The van der Waals surface area contributed by atoms with E-state index in [1.165, 1.54) is 155 Å². The van der Waals surface area contributed by atoms with Crippen molar-refractivity contribution in [2.45, 2.75) is 136 Å². The quantitative estimate of drug-likeness (QED) is 0.0403. The second-order valence-corrected chi connectivity index (χ2v) is 11.1. The van der Waals surface area contributed by atoms with Crippen molar-refractivity contribution in [3.8, 4) is 0 Å². The molecule has 47 heavy (non-hydrogen) atoms. The molecule has 0 atom stereocenters. The summed E-state index contributed by atoms with van der Waals surface area (Å²) in [4.78, 5) is 0. The van der Waals surface area contributed by atoms with Gasteiger partial charge >= 0.3 is 141 Å². The standard InChI is InChI=1S/C25H54N.3CNS.Ca.2ClHO3.2K.H3N.2H/c1-5-8-11-14-17-20-23-26(4,24-21-18-15-12-9-6-2)25-22-19-16-13-10-7-3;3*2-1-3;;2*2-1(3)4;;;;;/h5-25H2,1-4H3;;;;;2*2H;;;1H3;;/q+1;3*-1;+2;;;2*+1;;2*-1. The zero-order chi connectivity index (χ0) is 34.6. The Bertz CT molecular complexity index is 564. The molecule has 0 aromatic carbocycles. The molecular weight excluding hydrogens is 788 g/mol. The molecule has 0 saturated heterocycles. The van der Waals surface area contributed by atoms with Gasteiger partial charge in [0.1, 0.15) is 0 Å². The summed E-state index contributed by atoms with van der Waals surface area (Å²) < 4.78 is 49.3. The number of unbranched alkanes of at least 4 members (excludes halogenated alkanes) is 15. The third-order valence-corrected chi connectivity index (χ3v) is 6.15.